The molecule has 45 heavy (non-hydrogen) atoms. The van der Waals surface area contributed by atoms with Gasteiger partial charge in [-0.25, -0.2) is 4.79 Å². The maximum Gasteiger partial charge on any atom is 0.335 e. The number of ether oxygens (including phenoxy) is 4. The van der Waals surface area contributed by atoms with Crippen LogP contribution in [0.3, 0.4) is 0 Å². The number of hydrogen-bond donors (Lipinski definition) is 1. The van der Waals surface area contributed by atoms with Crippen LogP contribution in [0.2, 0.25) is 5.02 Å². The number of methoxy groups -OCH3 is 1. The molecule has 2 fully saturated rings. The average molecular weight is 669 g/mol. The summed E-state index contributed by atoms with van der Waals surface area (Å²) in [7, 11) is 1.58. The molecule has 1 N–H and O–H groups in total. The fourth-order valence-corrected chi connectivity index (χ4v) is 6.43. The summed E-state index contributed by atoms with van der Waals surface area (Å²) in [5.74, 6) is 0.651. The van der Waals surface area contributed by atoms with Gasteiger partial charge in [-0.2, -0.15) is 0 Å². The van der Waals surface area contributed by atoms with Crippen molar-refractivity contribution in [1.29, 1.82) is 0 Å². The number of carboxylic acid groups (broad SMARTS) is 1. The van der Waals surface area contributed by atoms with E-state index in [2.05, 4.69) is 4.90 Å². The van der Waals surface area contributed by atoms with Crippen LogP contribution in [-0.4, -0.2) is 90.8 Å². The third-order valence-corrected chi connectivity index (χ3v) is 8.99. The molecular weight excluding hydrogens is 636 g/mol. The van der Waals surface area contributed by atoms with E-state index in [0.29, 0.717) is 57.7 Å². The Labute approximate surface area is 276 Å². The lowest BCUT2D eigenvalue weighted by atomic mass is 10.0. The summed E-state index contributed by atoms with van der Waals surface area (Å²) < 4.78 is 23.2. The molecule has 0 bridgehead atoms. The van der Waals surface area contributed by atoms with Crippen molar-refractivity contribution in [3.05, 3.63) is 81.7 Å². The molecule has 0 radical (unpaired) electrons. The summed E-state index contributed by atoms with van der Waals surface area (Å²) in [6.45, 7) is 5.19. The Morgan fingerprint density at radius 3 is 2.40 bits per heavy atom. The van der Waals surface area contributed by atoms with Gasteiger partial charge in [0.2, 0.25) is 0 Å². The van der Waals surface area contributed by atoms with Crippen LogP contribution in [0.5, 0.6) is 17.2 Å². The van der Waals surface area contributed by atoms with Gasteiger partial charge in [-0.1, -0.05) is 47.7 Å². The van der Waals surface area contributed by atoms with Crippen molar-refractivity contribution in [2.24, 2.45) is 0 Å². The largest absolute Gasteiger partial charge is 0.495 e. The first-order valence-corrected chi connectivity index (χ1v) is 16.0. The van der Waals surface area contributed by atoms with Crippen molar-refractivity contribution in [3.63, 3.8) is 0 Å². The number of amides is 1. The van der Waals surface area contributed by atoms with Crippen LogP contribution in [0.15, 0.2) is 65.6 Å². The molecule has 0 atom stereocenters. The van der Waals surface area contributed by atoms with Crippen LogP contribution >= 0.6 is 35.6 Å². The van der Waals surface area contributed by atoms with Crippen molar-refractivity contribution in [3.8, 4) is 28.4 Å². The van der Waals surface area contributed by atoms with Crippen molar-refractivity contribution in [1.82, 2.24) is 9.80 Å². The maximum absolute atomic E-state index is 13.4. The van der Waals surface area contributed by atoms with Crippen LogP contribution in [-0.2, 0) is 9.53 Å². The molecule has 0 spiro atoms. The highest BCUT2D eigenvalue weighted by molar-refractivity contribution is 8.26. The van der Waals surface area contributed by atoms with Gasteiger partial charge in [-0.05, 0) is 72.2 Å². The molecule has 5 rings (SSSR count). The fourth-order valence-electron chi connectivity index (χ4n) is 4.87. The number of carbonyl (C=O) groups excluding carboxylic acids is 1. The van der Waals surface area contributed by atoms with Gasteiger partial charge in [0.1, 0.15) is 28.2 Å². The molecule has 3 aromatic carbocycles. The third kappa shape index (κ3) is 8.56. The zero-order chi connectivity index (χ0) is 31.8. The van der Waals surface area contributed by atoms with E-state index in [9.17, 15) is 9.59 Å². The Morgan fingerprint density at radius 2 is 1.71 bits per heavy atom. The van der Waals surface area contributed by atoms with Crippen LogP contribution in [0.4, 0.5) is 0 Å². The number of thiocarbonyl (C=S) groups is 1. The monoisotopic (exact) mass is 668 g/mol. The number of morpholine rings is 1. The summed E-state index contributed by atoms with van der Waals surface area (Å²) in [5, 5.41) is 9.56. The lowest BCUT2D eigenvalue weighted by molar-refractivity contribution is -0.122. The lowest BCUT2D eigenvalue weighted by Crippen LogP contribution is -2.38. The topological polar surface area (TPSA) is 97.8 Å². The number of benzene rings is 3. The molecule has 2 saturated heterocycles. The first kappa shape index (κ1) is 32.8. The molecule has 2 aliphatic heterocycles. The Morgan fingerprint density at radius 1 is 1.00 bits per heavy atom. The Bertz CT molecular complexity index is 1580. The Hall–Kier alpha value is -3.61. The standard InChI is InChI=1S/C33H33ClN2O7S2/c1-40-29-10-6-24(20-27(29)34)23-5-9-28(43-18-14-35-12-16-41-17-13-35)25(19-23)21-30-31(37)36(33(44)45-30)11-2-15-42-26-7-3-22(4-8-26)32(38)39/h3-10,19-21H,2,11-18H2,1H3,(H,38,39)/b30-21-. The number of carbonyl (C=O) groups is 2. The van der Waals surface area contributed by atoms with Crippen molar-refractivity contribution in [2.75, 3.05) is 59.7 Å². The summed E-state index contributed by atoms with van der Waals surface area (Å²) >= 11 is 13.2. The summed E-state index contributed by atoms with van der Waals surface area (Å²) in [4.78, 5) is 28.9. The molecule has 9 nitrogen and oxygen atoms in total. The van der Waals surface area contributed by atoms with E-state index in [-0.39, 0.29) is 11.5 Å². The maximum atomic E-state index is 13.4. The molecule has 3 aromatic rings. The highest BCUT2D eigenvalue weighted by atomic mass is 35.5. The number of halogens is 1. The zero-order valence-corrected chi connectivity index (χ0v) is 27.1. The van der Waals surface area contributed by atoms with E-state index >= 15 is 0 Å². The summed E-state index contributed by atoms with van der Waals surface area (Å²) in [5.41, 5.74) is 2.77. The molecule has 0 unspecified atom stereocenters. The van der Waals surface area contributed by atoms with Gasteiger partial charge in [0.05, 0.1) is 42.4 Å². The van der Waals surface area contributed by atoms with E-state index in [1.165, 1.54) is 23.9 Å². The van der Waals surface area contributed by atoms with E-state index in [4.69, 9.17) is 47.9 Å². The molecule has 0 aliphatic carbocycles. The normalized spacial score (nSPS) is 16.3. The number of hydrogen-bond acceptors (Lipinski definition) is 9. The number of rotatable bonds is 13. The Balaban J connectivity index is 1.29. The third-order valence-electron chi connectivity index (χ3n) is 7.32. The number of carboxylic acids is 1. The van der Waals surface area contributed by atoms with Gasteiger partial charge in [-0.15, -0.1) is 0 Å². The second-order valence-corrected chi connectivity index (χ2v) is 12.4. The minimum atomic E-state index is -0.993. The molecule has 2 heterocycles. The van der Waals surface area contributed by atoms with Crippen molar-refractivity contribution >= 4 is 57.9 Å². The SMILES string of the molecule is COc1ccc(-c2ccc(OCCN3CCOCC3)c(/C=C3\SC(=S)N(CCCOc4ccc(C(=O)O)cc4)C3=O)c2)cc1Cl. The predicted octanol–water partition coefficient (Wildman–Crippen LogP) is 6.10. The van der Waals surface area contributed by atoms with E-state index in [0.717, 1.165) is 49.5 Å². The van der Waals surface area contributed by atoms with Gasteiger partial charge in [-0.3, -0.25) is 14.6 Å². The molecule has 12 heteroatoms. The molecule has 236 valence electrons. The van der Waals surface area contributed by atoms with Gasteiger partial charge in [0, 0.05) is 31.7 Å². The fraction of sp³-hybridized carbons (Fsp3) is 0.303. The van der Waals surface area contributed by atoms with Crippen LogP contribution < -0.4 is 14.2 Å². The molecule has 2 aliphatic rings. The highest BCUT2D eigenvalue weighted by Gasteiger charge is 2.32. The second-order valence-electron chi connectivity index (χ2n) is 10.3. The number of nitrogens with zero attached hydrogens (tertiary/aromatic N) is 2. The first-order chi connectivity index (χ1) is 21.8. The zero-order valence-electron chi connectivity index (χ0n) is 24.7. The summed E-state index contributed by atoms with van der Waals surface area (Å²) in [6.07, 6.45) is 2.38. The van der Waals surface area contributed by atoms with Crippen LogP contribution in [0, 0.1) is 0 Å². The summed E-state index contributed by atoms with van der Waals surface area (Å²) in [6, 6.07) is 17.7. The second kappa shape index (κ2) is 15.6. The van der Waals surface area contributed by atoms with Gasteiger partial charge in [0.25, 0.3) is 5.91 Å². The molecule has 1 amide bonds. The van der Waals surface area contributed by atoms with Crippen molar-refractivity contribution < 1.29 is 33.6 Å². The minimum Gasteiger partial charge on any atom is -0.495 e. The van der Waals surface area contributed by atoms with Gasteiger partial charge in [0.15, 0.2) is 0 Å². The van der Waals surface area contributed by atoms with Gasteiger partial charge < -0.3 is 24.1 Å². The van der Waals surface area contributed by atoms with Crippen LogP contribution in [0.1, 0.15) is 22.3 Å². The predicted molar refractivity (Wildman–Crippen MR) is 180 cm³/mol. The molecular formula is C33H33ClN2O7S2. The smallest absolute Gasteiger partial charge is 0.335 e. The van der Waals surface area contributed by atoms with E-state index in [1.807, 2.05) is 42.5 Å². The minimum absolute atomic E-state index is 0.173. The van der Waals surface area contributed by atoms with Gasteiger partial charge >= 0.3 is 5.97 Å². The van der Waals surface area contributed by atoms with E-state index < -0.39 is 5.97 Å². The number of thioether (sulfide) groups is 1. The first-order valence-electron chi connectivity index (χ1n) is 14.4. The average Bonchev–Trinajstić information content (AvgIpc) is 3.31. The van der Waals surface area contributed by atoms with Crippen LogP contribution in [0.25, 0.3) is 17.2 Å². The molecule has 0 aromatic heterocycles. The number of aromatic carboxylic acids is 1. The van der Waals surface area contributed by atoms with E-state index in [1.54, 1.807) is 24.1 Å². The Kier molecular flexibility index (Phi) is 11.4. The quantitative estimate of drug-likeness (QED) is 0.131. The highest BCUT2D eigenvalue weighted by Crippen LogP contribution is 2.37. The van der Waals surface area contributed by atoms with Crippen molar-refractivity contribution in [2.45, 2.75) is 6.42 Å². The molecule has 0 saturated carbocycles. The lowest BCUT2D eigenvalue weighted by Gasteiger charge is -2.26.